The standard InChI is InChI=1S/C16H19N3O2S/c20-16(19-13-5-8-21-9-6-13)18-11-12-3-1-7-17-15(12)14-4-2-10-22-14/h1-4,7,10,13H,5-6,8-9,11H2,(H2,18,19,20). The van der Waals surface area contributed by atoms with Gasteiger partial charge in [0.25, 0.3) is 0 Å². The minimum Gasteiger partial charge on any atom is -0.381 e. The number of aromatic nitrogens is 1. The molecule has 5 nitrogen and oxygen atoms in total. The van der Waals surface area contributed by atoms with Crippen molar-refractivity contribution in [1.29, 1.82) is 0 Å². The van der Waals surface area contributed by atoms with Crippen molar-refractivity contribution in [1.82, 2.24) is 15.6 Å². The van der Waals surface area contributed by atoms with E-state index < -0.39 is 0 Å². The first-order valence-corrected chi connectivity index (χ1v) is 8.31. The van der Waals surface area contributed by atoms with Crippen LogP contribution in [0.2, 0.25) is 0 Å². The van der Waals surface area contributed by atoms with Crippen LogP contribution in [0.25, 0.3) is 10.6 Å². The number of thiophene rings is 1. The molecule has 1 aliphatic rings. The molecular weight excluding hydrogens is 298 g/mol. The van der Waals surface area contributed by atoms with E-state index in [0.717, 1.165) is 42.2 Å². The summed E-state index contributed by atoms with van der Waals surface area (Å²) in [5.74, 6) is 0. The Balaban J connectivity index is 1.58. The normalized spacial score (nSPS) is 15.5. The Morgan fingerprint density at radius 1 is 1.32 bits per heavy atom. The Morgan fingerprint density at radius 3 is 2.95 bits per heavy atom. The number of urea groups is 1. The van der Waals surface area contributed by atoms with Gasteiger partial charge in [0.2, 0.25) is 0 Å². The third kappa shape index (κ3) is 3.84. The number of pyridine rings is 1. The SMILES string of the molecule is O=C(NCc1cccnc1-c1cccs1)NC1CCOCC1. The molecule has 116 valence electrons. The van der Waals surface area contributed by atoms with Gasteiger partial charge in [0, 0.05) is 32.0 Å². The van der Waals surface area contributed by atoms with Crippen molar-refractivity contribution >= 4 is 17.4 Å². The van der Waals surface area contributed by atoms with Gasteiger partial charge in [-0.3, -0.25) is 4.98 Å². The Morgan fingerprint density at radius 2 is 2.18 bits per heavy atom. The molecule has 2 aromatic heterocycles. The first-order valence-electron chi connectivity index (χ1n) is 7.43. The van der Waals surface area contributed by atoms with Crippen LogP contribution in [0.4, 0.5) is 4.79 Å². The summed E-state index contributed by atoms with van der Waals surface area (Å²) in [7, 11) is 0. The lowest BCUT2D eigenvalue weighted by Gasteiger charge is -2.23. The molecule has 1 saturated heterocycles. The molecule has 0 bridgehead atoms. The highest BCUT2D eigenvalue weighted by molar-refractivity contribution is 7.13. The zero-order valence-corrected chi connectivity index (χ0v) is 13.1. The fourth-order valence-corrected chi connectivity index (χ4v) is 3.23. The molecule has 0 aliphatic carbocycles. The number of carbonyl (C=O) groups is 1. The summed E-state index contributed by atoms with van der Waals surface area (Å²) >= 11 is 1.65. The van der Waals surface area contributed by atoms with Crippen LogP contribution >= 0.6 is 11.3 Å². The van der Waals surface area contributed by atoms with E-state index >= 15 is 0 Å². The molecule has 0 saturated carbocycles. The van der Waals surface area contributed by atoms with E-state index in [-0.39, 0.29) is 12.1 Å². The van der Waals surface area contributed by atoms with Crippen LogP contribution in [0.1, 0.15) is 18.4 Å². The minimum atomic E-state index is -0.132. The fraction of sp³-hybridized carbons (Fsp3) is 0.375. The molecule has 3 rings (SSSR count). The van der Waals surface area contributed by atoms with Crippen LogP contribution in [0, 0.1) is 0 Å². The van der Waals surface area contributed by atoms with Crippen molar-refractivity contribution < 1.29 is 9.53 Å². The van der Waals surface area contributed by atoms with Gasteiger partial charge in [-0.1, -0.05) is 12.1 Å². The highest BCUT2D eigenvalue weighted by Gasteiger charge is 2.16. The van der Waals surface area contributed by atoms with E-state index in [9.17, 15) is 4.79 Å². The monoisotopic (exact) mass is 317 g/mol. The second kappa shape index (κ2) is 7.38. The highest BCUT2D eigenvalue weighted by atomic mass is 32.1. The van der Waals surface area contributed by atoms with Gasteiger partial charge in [-0.15, -0.1) is 11.3 Å². The quantitative estimate of drug-likeness (QED) is 0.911. The Hall–Kier alpha value is -1.92. The lowest BCUT2D eigenvalue weighted by Crippen LogP contribution is -2.44. The molecule has 22 heavy (non-hydrogen) atoms. The molecule has 2 amide bonds. The van der Waals surface area contributed by atoms with E-state index in [2.05, 4.69) is 15.6 Å². The second-order valence-corrected chi connectivity index (χ2v) is 6.15. The zero-order chi connectivity index (χ0) is 15.2. The van der Waals surface area contributed by atoms with E-state index in [4.69, 9.17) is 4.74 Å². The van der Waals surface area contributed by atoms with Crippen LogP contribution in [0.15, 0.2) is 35.8 Å². The molecule has 0 atom stereocenters. The molecule has 1 fully saturated rings. The van der Waals surface area contributed by atoms with Crippen molar-refractivity contribution in [3.63, 3.8) is 0 Å². The number of hydrogen-bond donors (Lipinski definition) is 2. The van der Waals surface area contributed by atoms with Gasteiger partial charge >= 0.3 is 6.03 Å². The summed E-state index contributed by atoms with van der Waals surface area (Å²) in [6.45, 7) is 1.91. The number of nitrogens with one attached hydrogen (secondary N) is 2. The number of nitrogens with zero attached hydrogens (tertiary/aromatic N) is 1. The molecule has 0 radical (unpaired) electrons. The van der Waals surface area contributed by atoms with Crippen molar-refractivity contribution in [2.45, 2.75) is 25.4 Å². The summed E-state index contributed by atoms with van der Waals surface area (Å²) < 4.78 is 5.29. The molecule has 0 aromatic carbocycles. The van der Waals surface area contributed by atoms with E-state index in [1.807, 2.05) is 29.6 Å². The summed E-state index contributed by atoms with van der Waals surface area (Å²) in [6.07, 6.45) is 3.53. The lowest BCUT2D eigenvalue weighted by atomic mass is 10.1. The Kier molecular flexibility index (Phi) is 5.03. The van der Waals surface area contributed by atoms with Crippen LogP contribution in [0.3, 0.4) is 0 Å². The Bertz CT molecular complexity index is 610. The van der Waals surface area contributed by atoms with E-state index in [1.54, 1.807) is 17.5 Å². The van der Waals surface area contributed by atoms with Crippen molar-refractivity contribution in [3.8, 4) is 10.6 Å². The zero-order valence-electron chi connectivity index (χ0n) is 12.2. The van der Waals surface area contributed by atoms with Gasteiger partial charge in [0.05, 0.1) is 10.6 Å². The second-order valence-electron chi connectivity index (χ2n) is 5.20. The van der Waals surface area contributed by atoms with E-state index in [1.165, 1.54) is 0 Å². The summed E-state index contributed by atoms with van der Waals surface area (Å²) in [5.41, 5.74) is 1.95. The fourth-order valence-electron chi connectivity index (χ4n) is 2.47. The summed E-state index contributed by atoms with van der Waals surface area (Å²) in [6, 6.07) is 8.01. The van der Waals surface area contributed by atoms with Crippen LogP contribution in [-0.2, 0) is 11.3 Å². The average molecular weight is 317 g/mol. The molecule has 3 heterocycles. The Labute approximate surface area is 133 Å². The lowest BCUT2D eigenvalue weighted by molar-refractivity contribution is 0.0801. The maximum Gasteiger partial charge on any atom is 0.315 e. The molecule has 0 unspecified atom stereocenters. The first-order chi connectivity index (χ1) is 10.8. The first kappa shape index (κ1) is 15.0. The molecule has 1 aliphatic heterocycles. The van der Waals surface area contributed by atoms with Crippen LogP contribution < -0.4 is 10.6 Å². The smallest absolute Gasteiger partial charge is 0.315 e. The maximum absolute atomic E-state index is 12.0. The van der Waals surface area contributed by atoms with Crippen molar-refractivity contribution in [2.75, 3.05) is 13.2 Å². The number of ether oxygens (including phenoxy) is 1. The predicted molar refractivity (Wildman–Crippen MR) is 86.8 cm³/mol. The van der Waals surface area contributed by atoms with Crippen molar-refractivity contribution in [2.24, 2.45) is 0 Å². The van der Waals surface area contributed by atoms with Gasteiger partial charge in [-0.2, -0.15) is 0 Å². The molecule has 0 spiro atoms. The van der Waals surface area contributed by atoms with Gasteiger partial charge in [0.15, 0.2) is 0 Å². The molecular formula is C16H19N3O2S. The number of amides is 2. The molecule has 2 N–H and O–H groups in total. The number of hydrogen-bond acceptors (Lipinski definition) is 4. The molecule has 2 aromatic rings. The van der Waals surface area contributed by atoms with Crippen LogP contribution in [0.5, 0.6) is 0 Å². The third-order valence-corrected chi connectivity index (χ3v) is 4.52. The predicted octanol–water partition coefficient (Wildman–Crippen LogP) is 2.79. The molecule has 6 heteroatoms. The topological polar surface area (TPSA) is 63.2 Å². The van der Waals surface area contributed by atoms with Gasteiger partial charge in [-0.25, -0.2) is 4.79 Å². The summed E-state index contributed by atoms with van der Waals surface area (Å²) in [5, 5.41) is 7.94. The number of rotatable bonds is 4. The maximum atomic E-state index is 12.0. The van der Waals surface area contributed by atoms with Gasteiger partial charge in [-0.05, 0) is 35.9 Å². The minimum absolute atomic E-state index is 0.132. The highest BCUT2D eigenvalue weighted by Crippen LogP contribution is 2.25. The third-order valence-electron chi connectivity index (χ3n) is 3.64. The van der Waals surface area contributed by atoms with Crippen molar-refractivity contribution in [3.05, 3.63) is 41.4 Å². The number of carbonyl (C=O) groups excluding carboxylic acids is 1. The largest absolute Gasteiger partial charge is 0.381 e. The van der Waals surface area contributed by atoms with E-state index in [0.29, 0.717) is 6.54 Å². The average Bonchev–Trinajstić information content (AvgIpc) is 3.08. The van der Waals surface area contributed by atoms with Crippen LogP contribution in [-0.4, -0.2) is 30.3 Å². The van der Waals surface area contributed by atoms with Gasteiger partial charge < -0.3 is 15.4 Å². The summed E-state index contributed by atoms with van der Waals surface area (Å²) in [4.78, 5) is 17.6. The van der Waals surface area contributed by atoms with Gasteiger partial charge in [0.1, 0.15) is 0 Å².